The molecule has 152 valence electrons. The highest BCUT2D eigenvalue weighted by Gasteiger charge is 2.16. The Kier molecular flexibility index (Phi) is 6.20. The number of nitrogens with zero attached hydrogens (tertiary/aromatic N) is 3. The summed E-state index contributed by atoms with van der Waals surface area (Å²) in [5.74, 6) is 0.302. The first-order chi connectivity index (χ1) is 14.6. The Morgan fingerprint density at radius 3 is 2.73 bits per heavy atom. The average molecular weight is 442 g/mol. The van der Waals surface area contributed by atoms with Gasteiger partial charge in [0.1, 0.15) is 5.82 Å². The van der Waals surface area contributed by atoms with E-state index in [4.69, 9.17) is 9.26 Å². The molecule has 0 aliphatic carbocycles. The molecule has 30 heavy (non-hydrogen) atoms. The van der Waals surface area contributed by atoms with E-state index in [2.05, 4.69) is 15.1 Å². The standard InChI is InChI=1S/C21H16FN3O3S2/c1-13-23-16(11-29-13)12-30-18-5-3-2-4-17(18)21(26)27-10-19-24-20(28-25-19)14-6-8-15(22)9-7-14/h2-9,11H,10,12H2,1H3. The summed E-state index contributed by atoms with van der Waals surface area (Å²) in [5.41, 5.74) is 2.03. The fourth-order valence-electron chi connectivity index (χ4n) is 2.62. The molecule has 0 bridgehead atoms. The topological polar surface area (TPSA) is 78.1 Å². The number of aryl methyl sites for hydroxylation is 1. The highest BCUT2D eigenvalue weighted by atomic mass is 32.2. The smallest absolute Gasteiger partial charge is 0.339 e. The van der Waals surface area contributed by atoms with Crippen LogP contribution in [0.2, 0.25) is 0 Å². The van der Waals surface area contributed by atoms with Crippen LogP contribution in [0.1, 0.15) is 26.9 Å². The Labute approximate surface area is 180 Å². The van der Waals surface area contributed by atoms with Gasteiger partial charge in [-0.05, 0) is 43.3 Å². The summed E-state index contributed by atoms with van der Waals surface area (Å²) in [6, 6.07) is 12.9. The molecule has 6 nitrogen and oxygen atoms in total. The first kappa shape index (κ1) is 20.2. The maximum Gasteiger partial charge on any atom is 0.339 e. The average Bonchev–Trinajstić information content (AvgIpc) is 3.40. The van der Waals surface area contributed by atoms with E-state index in [-0.39, 0.29) is 24.1 Å². The summed E-state index contributed by atoms with van der Waals surface area (Å²) < 4.78 is 23.6. The van der Waals surface area contributed by atoms with E-state index in [0.717, 1.165) is 15.6 Å². The number of hydrogen-bond donors (Lipinski definition) is 0. The predicted molar refractivity (Wildman–Crippen MR) is 112 cm³/mol. The van der Waals surface area contributed by atoms with Gasteiger partial charge < -0.3 is 9.26 Å². The maximum atomic E-state index is 13.0. The summed E-state index contributed by atoms with van der Waals surface area (Å²) in [6.07, 6.45) is 0. The number of aromatic nitrogens is 3. The van der Waals surface area contributed by atoms with Gasteiger partial charge in [-0.2, -0.15) is 4.98 Å². The Bertz CT molecular complexity index is 1160. The van der Waals surface area contributed by atoms with Crippen LogP contribution in [-0.2, 0) is 17.1 Å². The van der Waals surface area contributed by atoms with Crippen molar-refractivity contribution in [3.63, 3.8) is 0 Å². The highest BCUT2D eigenvalue weighted by Crippen LogP contribution is 2.27. The highest BCUT2D eigenvalue weighted by molar-refractivity contribution is 7.98. The molecule has 2 heterocycles. The van der Waals surface area contributed by atoms with Gasteiger partial charge in [-0.3, -0.25) is 0 Å². The third-order valence-corrected chi connectivity index (χ3v) is 5.97. The minimum absolute atomic E-state index is 0.131. The monoisotopic (exact) mass is 441 g/mol. The molecule has 0 amide bonds. The van der Waals surface area contributed by atoms with Crippen molar-refractivity contribution in [2.45, 2.75) is 24.2 Å². The summed E-state index contributed by atoms with van der Waals surface area (Å²) in [7, 11) is 0. The lowest BCUT2D eigenvalue weighted by atomic mass is 10.2. The largest absolute Gasteiger partial charge is 0.454 e. The zero-order chi connectivity index (χ0) is 20.9. The number of carbonyl (C=O) groups excluding carboxylic acids is 1. The second kappa shape index (κ2) is 9.19. The second-order valence-corrected chi connectivity index (χ2v) is 8.32. The van der Waals surface area contributed by atoms with E-state index >= 15 is 0 Å². The molecule has 2 aromatic carbocycles. The fourth-order valence-corrected chi connectivity index (χ4v) is 4.27. The zero-order valence-corrected chi connectivity index (χ0v) is 17.5. The molecule has 4 rings (SSSR count). The third kappa shape index (κ3) is 4.92. The first-order valence-corrected chi connectivity index (χ1v) is 10.8. The van der Waals surface area contributed by atoms with Crippen molar-refractivity contribution in [1.29, 1.82) is 0 Å². The first-order valence-electron chi connectivity index (χ1n) is 8.97. The molecule has 0 spiro atoms. The van der Waals surface area contributed by atoms with Crippen molar-refractivity contribution < 1.29 is 18.4 Å². The van der Waals surface area contributed by atoms with Gasteiger partial charge in [0.05, 0.1) is 16.3 Å². The van der Waals surface area contributed by atoms with Gasteiger partial charge in [-0.1, -0.05) is 17.3 Å². The van der Waals surface area contributed by atoms with E-state index in [1.54, 1.807) is 23.5 Å². The van der Waals surface area contributed by atoms with Gasteiger partial charge >= 0.3 is 5.97 Å². The summed E-state index contributed by atoms with van der Waals surface area (Å²) in [4.78, 5) is 22.0. The van der Waals surface area contributed by atoms with Gasteiger partial charge in [0.15, 0.2) is 6.61 Å². The van der Waals surface area contributed by atoms with Gasteiger partial charge in [0.25, 0.3) is 5.89 Å². The summed E-state index contributed by atoms with van der Waals surface area (Å²) >= 11 is 3.13. The molecule has 0 saturated heterocycles. The number of hydrogen-bond acceptors (Lipinski definition) is 8. The molecule has 0 aliphatic heterocycles. The molecule has 9 heteroatoms. The normalized spacial score (nSPS) is 10.9. The molecule has 2 aromatic heterocycles. The van der Waals surface area contributed by atoms with E-state index in [1.807, 2.05) is 24.4 Å². The van der Waals surface area contributed by atoms with Crippen LogP contribution in [0.5, 0.6) is 0 Å². The molecule has 4 aromatic rings. The Balaban J connectivity index is 1.39. The van der Waals surface area contributed by atoms with Gasteiger partial charge in [0.2, 0.25) is 5.82 Å². The maximum absolute atomic E-state index is 13.0. The van der Waals surface area contributed by atoms with Crippen molar-refractivity contribution >= 4 is 29.1 Å². The molecular weight excluding hydrogens is 425 g/mol. The van der Waals surface area contributed by atoms with Crippen molar-refractivity contribution in [1.82, 2.24) is 15.1 Å². The zero-order valence-electron chi connectivity index (χ0n) is 15.9. The molecule has 0 radical (unpaired) electrons. The van der Waals surface area contributed by atoms with E-state index < -0.39 is 5.97 Å². The number of halogens is 1. The SMILES string of the molecule is Cc1nc(CSc2ccccc2C(=O)OCc2noc(-c3ccc(F)cc3)n2)cs1. The Morgan fingerprint density at radius 1 is 1.17 bits per heavy atom. The Hall–Kier alpha value is -3.04. The van der Waals surface area contributed by atoms with Gasteiger partial charge in [-0.15, -0.1) is 23.1 Å². The second-order valence-electron chi connectivity index (χ2n) is 6.24. The Morgan fingerprint density at radius 2 is 1.97 bits per heavy atom. The van der Waals surface area contributed by atoms with Crippen LogP contribution >= 0.6 is 23.1 Å². The van der Waals surface area contributed by atoms with Crippen molar-refractivity contribution in [3.05, 3.63) is 81.8 Å². The van der Waals surface area contributed by atoms with Crippen LogP contribution in [0.4, 0.5) is 4.39 Å². The number of thiazole rings is 1. The molecule has 0 atom stereocenters. The third-order valence-electron chi connectivity index (χ3n) is 4.04. The number of thioether (sulfide) groups is 1. The molecule has 0 fully saturated rings. The molecule has 0 saturated carbocycles. The van der Waals surface area contributed by atoms with Crippen LogP contribution < -0.4 is 0 Å². The van der Waals surface area contributed by atoms with Gasteiger partial charge in [0, 0.05) is 21.6 Å². The number of benzene rings is 2. The number of carbonyl (C=O) groups is 1. The van der Waals surface area contributed by atoms with Gasteiger partial charge in [-0.25, -0.2) is 14.2 Å². The van der Waals surface area contributed by atoms with Crippen LogP contribution in [0.25, 0.3) is 11.5 Å². The quantitative estimate of drug-likeness (QED) is 0.285. The van der Waals surface area contributed by atoms with E-state index in [1.165, 1.54) is 36.0 Å². The van der Waals surface area contributed by atoms with Crippen molar-refractivity contribution in [2.75, 3.05) is 0 Å². The minimum Gasteiger partial charge on any atom is -0.454 e. The number of rotatable bonds is 7. The van der Waals surface area contributed by atoms with Crippen molar-refractivity contribution in [2.24, 2.45) is 0 Å². The fraction of sp³-hybridized carbons (Fsp3) is 0.143. The van der Waals surface area contributed by atoms with E-state index in [0.29, 0.717) is 16.9 Å². The minimum atomic E-state index is -0.472. The summed E-state index contributed by atoms with van der Waals surface area (Å²) in [5, 5.41) is 6.84. The molecule has 0 unspecified atom stereocenters. The predicted octanol–water partition coefficient (Wildman–Crippen LogP) is 5.29. The molecular formula is C21H16FN3O3S2. The number of esters is 1. The summed E-state index contributed by atoms with van der Waals surface area (Å²) in [6.45, 7) is 1.83. The van der Waals surface area contributed by atoms with Crippen LogP contribution in [0.3, 0.4) is 0 Å². The lowest BCUT2D eigenvalue weighted by Crippen LogP contribution is -2.07. The number of ether oxygens (including phenoxy) is 1. The van der Waals surface area contributed by atoms with Crippen LogP contribution in [0, 0.1) is 12.7 Å². The van der Waals surface area contributed by atoms with E-state index in [9.17, 15) is 9.18 Å². The molecule has 0 N–H and O–H groups in total. The van der Waals surface area contributed by atoms with Crippen LogP contribution in [-0.4, -0.2) is 21.1 Å². The van der Waals surface area contributed by atoms with Crippen LogP contribution in [0.15, 0.2) is 63.3 Å². The lowest BCUT2D eigenvalue weighted by Gasteiger charge is -2.07. The lowest BCUT2D eigenvalue weighted by molar-refractivity contribution is 0.0455. The van der Waals surface area contributed by atoms with Crippen molar-refractivity contribution in [3.8, 4) is 11.5 Å². The molecule has 0 aliphatic rings.